The molecule has 8 rings (SSSR count). The molecule has 0 spiro atoms. The molecule has 8 heteroatoms. The van der Waals surface area contributed by atoms with Crippen LogP contribution in [-0.4, -0.2) is 48.3 Å². The fourth-order valence-corrected chi connectivity index (χ4v) is 11.7. The van der Waals surface area contributed by atoms with E-state index in [2.05, 4.69) is 20.8 Å². The molecule has 8 fully saturated rings. The van der Waals surface area contributed by atoms with Crippen LogP contribution in [0.1, 0.15) is 173 Å². The summed E-state index contributed by atoms with van der Waals surface area (Å²) in [5.41, 5.74) is -1.70. The van der Waals surface area contributed by atoms with Crippen molar-refractivity contribution in [3.63, 3.8) is 0 Å². The summed E-state index contributed by atoms with van der Waals surface area (Å²) in [4.78, 5) is 49.1. The number of carbonyl (C=O) groups is 4. The summed E-state index contributed by atoms with van der Waals surface area (Å²) < 4.78 is 22.6. The van der Waals surface area contributed by atoms with Gasteiger partial charge >= 0.3 is 23.9 Å². The van der Waals surface area contributed by atoms with Gasteiger partial charge in [0.25, 0.3) is 0 Å². The number of carbonyl (C=O) groups excluding carboxylic acids is 4. The molecule has 306 valence electrons. The third-order valence-electron chi connectivity index (χ3n) is 14.1. The maximum absolute atomic E-state index is 12.5. The molecule has 0 amide bonds. The Kier molecular flexibility index (Phi) is 16.0. The smallest absolute Gasteiger partial charge is 0.344 e. The van der Waals surface area contributed by atoms with Crippen molar-refractivity contribution in [1.82, 2.24) is 0 Å². The topological polar surface area (TPSA) is 105 Å². The summed E-state index contributed by atoms with van der Waals surface area (Å²) in [5.74, 6) is 4.35. The molecular formula is C45H78O8. The van der Waals surface area contributed by atoms with Gasteiger partial charge in [0, 0.05) is 11.8 Å². The van der Waals surface area contributed by atoms with Crippen molar-refractivity contribution < 1.29 is 38.1 Å². The van der Waals surface area contributed by atoms with Crippen molar-refractivity contribution in [3.8, 4) is 0 Å². The Bertz CT molecular complexity index is 1210. The first kappa shape index (κ1) is 45.3. The molecule has 8 saturated carbocycles. The van der Waals surface area contributed by atoms with Crippen LogP contribution in [0.25, 0.3) is 0 Å². The van der Waals surface area contributed by atoms with Crippen LogP contribution in [0.15, 0.2) is 0 Å². The third-order valence-corrected chi connectivity index (χ3v) is 14.1. The lowest BCUT2D eigenvalue weighted by atomic mass is 9.47. The van der Waals surface area contributed by atoms with Gasteiger partial charge in [0.1, 0.15) is 11.2 Å². The van der Waals surface area contributed by atoms with Crippen LogP contribution in [-0.2, 0) is 38.1 Å². The molecule has 0 aromatic heterocycles. The lowest BCUT2D eigenvalue weighted by Gasteiger charge is -2.61. The minimum absolute atomic E-state index is 0.250. The monoisotopic (exact) mass is 747 g/mol. The summed E-state index contributed by atoms with van der Waals surface area (Å²) in [6.07, 6.45) is 14.3. The standard InChI is InChI=1S/C21H34O4.C20H32O4.2C2H6/c1-6-20(4,5)19(23)24-12-17(22)25-21-10-14-7-15(11-21)9-16(8-14)18(21)13(2)3;1-5-16-15-8-13-7-14(9-15)11-20(16,10-13)24-17(21)12-23-18(22)19(3,4)6-2;2*1-2/h13-16,18H,6-12H2,1-5H3;13-16H,5-12H2,1-4H3;2*1-2H3. The molecule has 8 aliphatic rings. The van der Waals surface area contributed by atoms with E-state index in [9.17, 15) is 19.2 Å². The molecule has 0 aromatic rings. The molecule has 8 bridgehead atoms. The summed E-state index contributed by atoms with van der Waals surface area (Å²) in [6, 6.07) is 0. The van der Waals surface area contributed by atoms with Crippen LogP contribution in [0, 0.1) is 64.1 Å². The fraction of sp³-hybridized carbons (Fsp3) is 0.911. The molecule has 8 nitrogen and oxygen atoms in total. The zero-order chi connectivity index (χ0) is 39.9. The van der Waals surface area contributed by atoms with Gasteiger partial charge < -0.3 is 18.9 Å². The van der Waals surface area contributed by atoms with Crippen LogP contribution in [0.2, 0.25) is 0 Å². The molecule has 0 aliphatic heterocycles. The molecule has 53 heavy (non-hydrogen) atoms. The highest BCUT2D eigenvalue weighted by atomic mass is 16.6. The second kappa shape index (κ2) is 18.7. The van der Waals surface area contributed by atoms with E-state index in [1.54, 1.807) is 0 Å². The summed E-state index contributed by atoms with van der Waals surface area (Å²) in [5, 5.41) is 0. The van der Waals surface area contributed by atoms with Crippen molar-refractivity contribution >= 4 is 23.9 Å². The first-order chi connectivity index (χ1) is 25.0. The predicted molar refractivity (Wildman–Crippen MR) is 210 cm³/mol. The minimum atomic E-state index is -0.554. The third kappa shape index (κ3) is 10.2. The van der Waals surface area contributed by atoms with Crippen LogP contribution >= 0.6 is 0 Å². The van der Waals surface area contributed by atoms with Crippen molar-refractivity contribution in [2.45, 2.75) is 185 Å². The second-order valence-electron chi connectivity index (χ2n) is 18.7. The number of ether oxygens (including phenoxy) is 4. The Morgan fingerprint density at radius 2 is 0.943 bits per heavy atom. The summed E-state index contributed by atoms with van der Waals surface area (Å²) in [6.45, 7) is 25.5. The van der Waals surface area contributed by atoms with Gasteiger partial charge in [-0.1, -0.05) is 62.3 Å². The van der Waals surface area contributed by atoms with Crippen molar-refractivity contribution in [1.29, 1.82) is 0 Å². The van der Waals surface area contributed by atoms with Gasteiger partial charge in [0.15, 0.2) is 13.2 Å². The van der Waals surface area contributed by atoms with E-state index in [-0.39, 0.29) is 48.3 Å². The van der Waals surface area contributed by atoms with E-state index in [1.165, 1.54) is 38.5 Å². The van der Waals surface area contributed by atoms with E-state index in [0.29, 0.717) is 48.3 Å². The molecule has 0 N–H and O–H groups in total. The van der Waals surface area contributed by atoms with Gasteiger partial charge in [-0.15, -0.1) is 0 Å². The molecular weight excluding hydrogens is 668 g/mol. The van der Waals surface area contributed by atoms with E-state index >= 15 is 0 Å². The second-order valence-corrected chi connectivity index (χ2v) is 18.7. The highest BCUT2D eigenvalue weighted by Crippen LogP contribution is 2.62. The maximum atomic E-state index is 12.5. The van der Waals surface area contributed by atoms with Gasteiger partial charge in [0.2, 0.25) is 0 Å². The maximum Gasteiger partial charge on any atom is 0.344 e. The summed E-state index contributed by atoms with van der Waals surface area (Å²) >= 11 is 0. The molecule has 6 unspecified atom stereocenters. The van der Waals surface area contributed by atoms with Crippen LogP contribution in [0.3, 0.4) is 0 Å². The van der Waals surface area contributed by atoms with Crippen LogP contribution < -0.4 is 0 Å². The lowest BCUT2D eigenvalue weighted by molar-refractivity contribution is -0.219. The minimum Gasteiger partial charge on any atom is -0.456 e. The Morgan fingerprint density at radius 3 is 1.30 bits per heavy atom. The Hall–Kier alpha value is -2.12. The van der Waals surface area contributed by atoms with E-state index in [1.807, 2.05) is 69.2 Å². The summed E-state index contributed by atoms with van der Waals surface area (Å²) in [7, 11) is 0. The van der Waals surface area contributed by atoms with Crippen LogP contribution in [0.5, 0.6) is 0 Å². The van der Waals surface area contributed by atoms with Crippen molar-refractivity contribution in [2.24, 2.45) is 64.1 Å². The van der Waals surface area contributed by atoms with Gasteiger partial charge in [-0.2, -0.15) is 0 Å². The SMILES string of the molecule is CC.CC.CCC(C)(C)C(=O)OCC(=O)OC12CC3CC(CC(C3)C1C(C)C)C2.CCC1C2CC3CC(C2)CC1(OC(=O)COC(=O)C(C)(C)CC)C3. The normalized spacial score (nSPS) is 34.4. The fourth-order valence-electron chi connectivity index (χ4n) is 11.7. The lowest BCUT2D eigenvalue weighted by Crippen LogP contribution is -2.60. The average Bonchev–Trinajstić information content (AvgIpc) is 3.10. The highest BCUT2D eigenvalue weighted by molar-refractivity contribution is 5.80. The molecule has 0 radical (unpaired) electrons. The number of hydrogen-bond donors (Lipinski definition) is 0. The highest BCUT2D eigenvalue weighted by Gasteiger charge is 2.60. The molecule has 0 aromatic carbocycles. The Labute approximate surface area is 323 Å². The van der Waals surface area contributed by atoms with Crippen LogP contribution in [0.4, 0.5) is 0 Å². The number of esters is 4. The molecule has 8 aliphatic carbocycles. The van der Waals surface area contributed by atoms with Gasteiger partial charge in [0.05, 0.1) is 10.8 Å². The van der Waals surface area contributed by atoms with E-state index in [4.69, 9.17) is 18.9 Å². The van der Waals surface area contributed by atoms with E-state index < -0.39 is 10.8 Å². The van der Waals surface area contributed by atoms with Crippen molar-refractivity contribution in [3.05, 3.63) is 0 Å². The average molecular weight is 747 g/mol. The molecule has 0 heterocycles. The molecule has 0 saturated heterocycles. The predicted octanol–water partition coefficient (Wildman–Crippen LogP) is 10.5. The largest absolute Gasteiger partial charge is 0.456 e. The first-order valence-electron chi connectivity index (χ1n) is 21.7. The zero-order valence-corrected chi connectivity index (χ0v) is 36.1. The Morgan fingerprint density at radius 1 is 0.585 bits per heavy atom. The van der Waals surface area contributed by atoms with Gasteiger partial charge in [-0.25, -0.2) is 9.59 Å². The Balaban J connectivity index is 0.000000261. The van der Waals surface area contributed by atoms with Gasteiger partial charge in [-0.05, 0) is 153 Å². The first-order valence-corrected chi connectivity index (χ1v) is 21.7. The quantitative estimate of drug-likeness (QED) is 0.144. The van der Waals surface area contributed by atoms with E-state index in [0.717, 1.165) is 49.9 Å². The number of rotatable bonds is 12. The molecule has 6 atom stereocenters. The van der Waals surface area contributed by atoms with Gasteiger partial charge in [-0.3, -0.25) is 9.59 Å². The van der Waals surface area contributed by atoms with Crippen molar-refractivity contribution in [2.75, 3.05) is 13.2 Å². The number of hydrogen-bond acceptors (Lipinski definition) is 8. The zero-order valence-electron chi connectivity index (χ0n) is 36.1.